The van der Waals surface area contributed by atoms with Crippen molar-refractivity contribution in [2.24, 2.45) is 0 Å². The van der Waals surface area contributed by atoms with Gasteiger partial charge in [0.1, 0.15) is 0 Å². The van der Waals surface area contributed by atoms with Crippen molar-refractivity contribution >= 4 is 22.6 Å². The van der Waals surface area contributed by atoms with Crippen LogP contribution in [0.2, 0.25) is 0 Å². The van der Waals surface area contributed by atoms with Gasteiger partial charge in [-0.3, -0.25) is 5.21 Å². The summed E-state index contributed by atoms with van der Waals surface area (Å²) in [6.45, 7) is 0. The summed E-state index contributed by atoms with van der Waals surface area (Å²) in [4.78, 5) is 0. The van der Waals surface area contributed by atoms with Crippen molar-refractivity contribution in [1.82, 2.24) is 0 Å². The molecule has 0 bridgehead atoms. The molecular formula is C5H5INO+. The molecule has 1 heterocycles. The zero-order valence-corrected chi connectivity index (χ0v) is 6.24. The van der Waals surface area contributed by atoms with Crippen LogP contribution in [0.4, 0.5) is 0 Å². The first kappa shape index (κ1) is 5.81. The lowest BCUT2D eigenvalue weighted by Crippen LogP contribution is -2.32. The normalized spacial score (nSPS) is 9.12. The largest absolute Gasteiger partial charge is 0.291 e. The first-order chi connectivity index (χ1) is 3.80. The number of pyridine rings is 1. The summed E-state index contributed by atoms with van der Waals surface area (Å²) in [5.41, 5.74) is 0. The highest BCUT2D eigenvalue weighted by Gasteiger charge is 1.98. The van der Waals surface area contributed by atoms with Crippen LogP contribution in [0.1, 0.15) is 0 Å². The maximum Gasteiger partial charge on any atom is 0.291 e. The number of rotatable bonds is 0. The maximum atomic E-state index is 8.83. The summed E-state index contributed by atoms with van der Waals surface area (Å²) in [7, 11) is 0. The monoisotopic (exact) mass is 222 g/mol. The Hall–Kier alpha value is -0.320. The van der Waals surface area contributed by atoms with Gasteiger partial charge in [0.05, 0.1) is 0 Å². The van der Waals surface area contributed by atoms with E-state index in [2.05, 4.69) is 0 Å². The highest BCUT2D eigenvalue weighted by atomic mass is 127. The lowest BCUT2D eigenvalue weighted by atomic mass is 10.5. The van der Waals surface area contributed by atoms with Gasteiger partial charge in [-0.25, -0.2) is 0 Å². The van der Waals surface area contributed by atoms with Crippen LogP contribution in [0.5, 0.6) is 0 Å². The van der Waals surface area contributed by atoms with Gasteiger partial charge in [-0.1, -0.05) is 0 Å². The second kappa shape index (κ2) is 2.30. The molecule has 0 amide bonds. The third-order valence-electron chi connectivity index (χ3n) is 0.791. The van der Waals surface area contributed by atoms with Crippen LogP contribution < -0.4 is 4.73 Å². The van der Waals surface area contributed by atoms with Gasteiger partial charge in [-0.15, -0.1) is 0 Å². The van der Waals surface area contributed by atoms with Gasteiger partial charge in [0.25, 0.3) is 3.70 Å². The molecule has 0 saturated heterocycles. The molecule has 3 heteroatoms. The minimum Gasteiger partial charge on any atom is -0.284 e. The molecular weight excluding hydrogens is 217 g/mol. The Balaban J connectivity index is 3.13. The molecule has 42 valence electrons. The molecule has 2 nitrogen and oxygen atoms in total. The summed E-state index contributed by atoms with van der Waals surface area (Å²) in [6.07, 6.45) is 1.59. The molecule has 0 aromatic carbocycles. The van der Waals surface area contributed by atoms with Crippen LogP contribution >= 0.6 is 22.6 Å². The fourth-order valence-electron chi connectivity index (χ4n) is 0.414. The van der Waals surface area contributed by atoms with Gasteiger partial charge in [0, 0.05) is 39.5 Å². The molecule has 0 aliphatic carbocycles. The predicted octanol–water partition coefficient (Wildman–Crippen LogP) is 0.816. The molecule has 0 fully saturated rings. The number of hydrogen-bond donors (Lipinski definition) is 1. The molecule has 0 aliphatic heterocycles. The Morgan fingerprint density at radius 1 is 1.50 bits per heavy atom. The number of halogens is 1. The summed E-state index contributed by atoms with van der Waals surface area (Å²) in [5, 5.41) is 8.83. The van der Waals surface area contributed by atoms with E-state index in [-0.39, 0.29) is 0 Å². The van der Waals surface area contributed by atoms with E-state index in [1.165, 1.54) is 0 Å². The van der Waals surface area contributed by atoms with Crippen molar-refractivity contribution in [3.05, 3.63) is 28.1 Å². The maximum absolute atomic E-state index is 8.83. The Morgan fingerprint density at radius 2 is 2.25 bits per heavy atom. The second-order valence-electron chi connectivity index (χ2n) is 1.37. The quantitative estimate of drug-likeness (QED) is 0.298. The summed E-state index contributed by atoms with van der Waals surface area (Å²) in [6, 6.07) is 5.46. The Labute approximate surface area is 60.9 Å². The molecule has 1 rings (SSSR count). The van der Waals surface area contributed by atoms with Crippen molar-refractivity contribution < 1.29 is 9.94 Å². The first-order valence-electron chi connectivity index (χ1n) is 2.16. The molecule has 0 saturated carbocycles. The van der Waals surface area contributed by atoms with E-state index in [1.807, 2.05) is 34.7 Å². The molecule has 0 radical (unpaired) electrons. The fraction of sp³-hybridized carbons (Fsp3) is 0. The second-order valence-corrected chi connectivity index (χ2v) is 2.47. The third kappa shape index (κ3) is 1.09. The number of aromatic nitrogens is 1. The summed E-state index contributed by atoms with van der Waals surface area (Å²) in [5.74, 6) is 0. The summed E-state index contributed by atoms with van der Waals surface area (Å²) >= 11 is 2.04. The third-order valence-corrected chi connectivity index (χ3v) is 1.64. The minimum atomic E-state index is 0.810. The fourth-order valence-corrected chi connectivity index (χ4v) is 0.782. The molecule has 8 heavy (non-hydrogen) atoms. The molecule has 0 unspecified atom stereocenters. The smallest absolute Gasteiger partial charge is 0.284 e. The van der Waals surface area contributed by atoms with E-state index in [0.29, 0.717) is 0 Å². The van der Waals surface area contributed by atoms with Gasteiger partial charge in [-0.05, 0) is 6.07 Å². The van der Waals surface area contributed by atoms with E-state index < -0.39 is 0 Å². The zero-order chi connectivity index (χ0) is 5.98. The van der Waals surface area contributed by atoms with Crippen LogP contribution in [-0.2, 0) is 0 Å². The average molecular weight is 222 g/mol. The van der Waals surface area contributed by atoms with Gasteiger partial charge >= 0.3 is 0 Å². The molecule has 0 atom stereocenters. The lowest BCUT2D eigenvalue weighted by molar-refractivity contribution is -0.914. The van der Waals surface area contributed by atoms with Crippen molar-refractivity contribution in [3.8, 4) is 0 Å². The SMILES string of the molecule is O[n+]1ccccc1I. The highest BCUT2D eigenvalue weighted by molar-refractivity contribution is 14.1. The van der Waals surface area contributed by atoms with Crippen molar-refractivity contribution in [2.45, 2.75) is 0 Å². The zero-order valence-electron chi connectivity index (χ0n) is 4.08. The summed E-state index contributed by atoms with van der Waals surface area (Å²) < 4.78 is 1.88. The first-order valence-corrected chi connectivity index (χ1v) is 3.24. The van der Waals surface area contributed by atoms with E-state index in [0.717, 1.165) is 8.43 Å². The Morgan fingerprint density at radius 3 is 2.62 bits per heavy atom. The van der Waals surface area contributed by atoms with Gasteiger partial charge in [-0.2, -0.15) is 0 Å². The van der Waals surface area contributed by atoms with Crippen LogP contribution in [0, 0.1) is 3.70 Å². The van der Waals surface area contributed by atoms with Gasteiger partial charge in [0.2, 0.25) is 6.20 Å². The van der Waals surface area contributed by atoms with Crippen molar-refractivity contribution in [3.63, 3.8) is 0 Å². The van der Waals surface area contributed by atoms with Crippen LogP contribution in [0.3, 0.4) is 0 Å². The van der Waals surface area contributed by atoms with Gasteiger partial charge < -0.3 is 0 Å². The molecule has 0 aliphatic rings. The van der Waals surface area contributed by atoms with E-state index in [1.54, 1.807) is 12.3 Å². The van der Waals surface area contributed by atoms with E-state index >= 15 is 0 Å². The topological polar surface area (TPSA) is 24.1 Å². The Kier molecular flexibility index (Phi) is 1.67. The standard InChI is InChI=1S/C5H5INO/c6-5-3-1-2-4-7(5)8/h1-4,8H/q+1. The number of nitrogens with zero attached hydrogens (tertiary/aromatic N) is 1. The lowest BCUT2D eigenvalue weighted by Gasteiger charge is -1.81. The molecule has 0 spiro atoms. The van der Waals surface area contributed by atoms with Crippen LogP contribution in [0.15, 0.2) is 24.4 Å². The average Bonchev–Trinajstić information content (AvgIpc) is 1.77. The van der Waals surface area contributed by atoms with E-state index in [4.69, 9.17) is 5.21 Å². The molecule has 1 aromatic rings. The van der Waals surface area contributed by atoms with Crippen LogP contribution in [0.25, 0.3) is 0 Å². The highest BCUT2D eigenvalue weighted by Crippen LogP contribution is 1.92. The predicted molar refractivity (Wildman–Crippen MR) is 36.5 cm³/mol. The van der Waals surface area contributed by atoms with Crippen molar-refractivity contribution in [2.75, 3.05) is 0 Å². The van der Waals surface area contributed by atoms with Gasteiger partial charge in [0.15, 0.2) is 0 Å². The number of hydrogen-bond acceptors (Lipinski definition) is 1. The van der Waals surface area contributed by atoms with E-state index in [9.17, 15) is 0 Å². The Bertz CT molecular complexity index is 169. The van der Waals surface area contributed by atoms with Crippen LogP contribution in [-0.4, -0.2) is 5.21 Å². The molecule has 1 aromatic heterocycles. The molecule has 1 N–H and O–H groups in total. The van der Waals surface area contributed by atoms with Crippen molar-refractivity contribution in [1.29, 1.82) is 0 Å². The minimum absolute atomic E-state index is 0.810.